The highest BCUT2D eigenvalue weighted by molar-refractivity contribution is 7.92. The Balaban J connectivity index is 1.83. The number of nitrogens with one attached hydrogen (secondary N) is 1. The van der Waals surface area contributed by atoms with Gasteiger partial charge in [0.15, 0.2) is 0 Å². The number of nitrogens with zero attached hydrogens (tertiary/aromatic N) is 2. The van der Waals surface area contributed by atoms with Crippen LogP contribution in [-0.4, -0.2) is 60.0 Å². The molecule has 0 aromatic heterocycles. The average molecular weight is 454 g/mol. The van der Waals surface area contributed by atoms with Gasteiger partial charge in [0.05, 0.1) is 21.2 Å². The molecule has 0 spiro atoms. The predicted molar refractivity (Wildman–Crippen MR) is 117 cm³/mol. The van der Waals surface area contributed by atoms with Crippen LogP contribution < -0.4 is 9.62 Å². The number of hydrogen-bond donors (Lipinski definition) is 2. The monoisotopic (exact) mass is 453 g/mol. The second kappa shape index (κ2) is 8.93. The lowest BCUT2D eigenvalue weighted by Gasteiger charge is -2.34. The van der Waals surface area contributed by atoms with Gasteiger partial charge in [0.25, 0.3) is 10.0 Å². The molecule has 2 N–H and O–H groups in total. The fraction of sp³-hybridized carbons (Fsp3) is 0.400. The number of para-hydroxylation sites is 2. The molecule has 0 bridgehead atoms. The van der Waals surface area contributed by atoms with Gasteiger partial charge in [-0.3, -0.25) is 4.72 Å². The van der Waals surface area contributed by atoms with Gasteiger partial charge in [0.1, 0.15) is 0 Å². The summed E-state index contributed by atoms with van der Waals surface area (Å²) in [5, 5.41) is 9.33. The van der Waals surface area contributed by atoms with Crippen LogP contribution in [0, 0.1) is 5.92 Å². The zero-order valence-corrected chi connectivity index (χ0v) is 18.7. The third kappa shape index (κ3) is 4.77. The van der Waals surface area contributed by atoms with Crippen molar-refractivity contribution in [3.8, 4) is 0 Å². The molecule has 0 aliphatic carbocycles. The van der Waals surface area contributed by atoms with Crippen molar-refractivity contribution < 1.29 is 21.9 Å². The van der Waals surface area contributed by atoms with Crippen LogP contribution in [0.3, 0.4) is 0 Å². The van der Waals surface area contributed by atoms with E-state index in [2.05, 4.69) is 9.62 Å². The summed E-state index contributed by atoms with van der Waals surface area (Å²) in [6.07, 6.45) is 1.69. The lowest BCUT2D eigenvalue weighted by molar-refractivity contribution is 0.203. The van der Waals surface area contributed by atoms with Crippen molar-refractivity contribution in [1.29, 1.82) is 0 Å². The summed E-state index contributed by atoms with van der Waals surface area (Å²) in [5.74, 6) is 0.280. The Kier molecular flexibility index (Phi) is 6.71. The summed E-state index contributed by atoms with van der Waals surface area (Å²) in [4.78, 5) is 2.11. The summed E-state index contributed by atoms with van der Waals surface area (Å²) in [6, 6.07) is 12.3. The number of sulfonamides is 2. The molecular formula is C20H27N3O5S2. The van der Waals surface area contributed by atoms with E-state index < -0.39 is 20.0 Å². The fourth-order valence-electron chi connectivity index (χ4n) is 3.40. The SMILES string of the molecule is CN(C)S(=O)(=O)c1ccc(S(=O)(=O)Nc2ccccc2N2CCC(CO)CC2)cc1. The van der Waals surface area contributed by atoms with Crippen LogP contribution in [0.2, 0.25) is 0 Å². The standard InChI is InChI=1S/C20H27N3O5S2/c1-22(2)30(27,28)18-9-7-17(8-10-18)29(25,26)21-19-5-3-4-6-20(19)23-13-11-16(15-24)12-14-23/h3-10,16,21,24H,11-15H2,1-2H3. The van der Waals surface area contributed by atoms with Gasteiger partial charge >= 0.3 is 0 Å². The molecule has 0 saturated carbocycles. The molecule has 1 aliphatic heterocycles. The van der Waals surface area contributed by atoms with Crippen molar-refractivity contribution in [3.63, 3.8) is 0 Å². The van der Waals surface area contributed by atoms with Crippen molar-refractivity contribution in [1.82, 2.24) is 4.31 Å². The van der Waals surface area contributed by atoms with E-state index in [0.717, 1.165) is 35.9 Å². The Morgan fingerprint density at radius 3 is 2.10 bits per heavy atom. The van der Waals surface area contributed by atoms with Crippen LogP contribution in [0.4, 0.5) is 11.4 Å². The van der Waals surface area contributed by atoms with Crippen LogP contribution in [0.1, 0.15) is 12.8 Å². The Labute approximate surface area is 178 Å². The normalized spacial score (nSPS) is 16.1. The molecule has 10 heteroatoms. The van der Waals surface area contributed by atoms with Crippen molar-refractivity contribution in [2.75, 3.05) is 43.4 Å². The van der Waals surface area contributed by atoms with E-state index in [1.807, 2.05) is 12.1 Å². The Morgan fingerprint density at radius 2 is 1.53 bits per heavy atom. The zero-order chi connectivity index (χ0) is 21.9. The molecule has 2 aromatic carbocycles. The number of benzene rings is 2. The minimum atomic E-state index is -3.90. The lowest BCUT2D eigenvalue weighted by atomic mass is 9.97. The van der Waals surface area contributed by atoms with Crippen LogP contribution in [0.25, 0.3) is 0 Å². The highest BCUT2D eigenvalue weighted by Gasteiger charge is 2.23. The van der Waals surface area contributed by atoms with Crippen molar-refractivity contribution in [3.05, 3.63) is 48.5 Å². The van der Waals surface area contributed by atoms with Gasteiger partial charge in [-0.1, -0.05) is 12.1 Å². The van der Waals surface area contributed by atoms with Gasteiger partial charge < -0.3 is 10.0 Å². The topological polar surface area (TPSA) is 107 Å². The first-order valence-corrected chi connectivity index (χ1v) is 12.6. The van der Waals surface area contributed by atoms with Gasteiger partial charge in [-0.15, -0.1) is 0 Å². The maximum absolute atomic E-state index is 12.9. The van der Waals surface area contributed by atoms with Gasteiger partial charge in [0.2, 0.25) is 10.0 Å². The number of piperidine rings is 1. The predicted octanol–water partition coefficient (Wildman–Crippen LogP) is 1.95. The van der Waals surface area contributed by atoms with E-state index in [1.165, 1.54) is 38.4 Å². The molecule has 1 fully saturated rings. The van der Waals surface area contributed by atoms with E-state index in [0.29, 0.717) is 5.69 Å². The minimum absolute atomic E-state index is 0.0194. The summed E-state index contributed by atoms with van der Waals surface area (Å²) < 4.78 is 53.9. The summed E-state index contributed by atoms with van der Waals surface area (Å²) >= 11 is 0. The first-order valence-electron chi connectivity index (χ1n) is 9.65. The van der Waals surface area contributed by atoms with Crippen LogP contribution >= 0.6 is 0 Å². The van der Waals surface area contributed by atoms with E-state index >= 15 is 0 Å². The number of rotatable bonds is 7. The highest BCUT2D eigenvalue weighted by atomic mass is 32.2. The second-order valence-electron chi connectivity index (χ2n) is 7.49. The van der Waals surface area contributed by atoms with Crippen molar-refractivity contribution in [2.45, 2.75) is 22.6 Å². The quantitative estimate of drug-likeness (QED) is 0.664. The molecule has 1 saturated heterocycles. The molecule has 0 amide bonds. The molecule has 3 rings (SSSR count). The largest absolute Gasteiger partial charge is 0.396 e. The van der Waals surface area contributed by atoms with Crippen LogP contribution in [0.15, 0.2) is 58.3 Å². The molecule has 8 nitrogen and oxygen atoms in total. The maximum atomic E-state index is 12.9. The summed E-state index contributed by atoms with van der Waals surface area (Å²) in [6.45, 7) is 1.64. The first kappa shape index (κ1) is 22.5. The molecule has 1 heterocycles. The maximum Gasteiger partial charge on any atom is 0.261 e. The minimum Gasteiger partial charge on any atom is -0.396 e. The van der Waals surface area contributed by atoms with Crippen LogP contribution in [-0.2, 0) is 20.0 Å². The molecule has 2 aromatic rings. The number of hydrogen-bond acceptors (Lipinski definition) is 6. The summed E-state index contributed by atoms with van der Waals surface area (Å²) in [7, 11) is -4.69. The Bertz CT molecular complexity index is 1080. The van der Waals surface area contributed by atoms with Gasteiger partial charge in [-0.2, -0.15) is 0 Å². The highest BCUT2D eigenvalue weighted by Crippen LogP contribution is 2.31. The fourth-order valence-corrected chi connectivity index (χ4v) is 5.37. The van der Waals surface area contributed by atoms with Crippen molar-refractivity contribution in [2.24, 2.45) is 5.92 Å². The average Bonchev–Trinajstić information content (AvgIpc) is 2.74. The summed E-state index contributed by atoms with van der Waals surface area (Å²) in [5.41, 5.74) is 1.24. The smallest absolute Gasteiger partial charge is 0.261 e. The first-order chi connectivity index (χ1) is 14.1. The van der Waals surface area contributed by atoms with Crippen molar-refractivity contribution >= 4 is 31.4 Å². The lowest BCUT2D eigenvalue weighted by Crippen LogP contribution is -2.35. The van der Waals surface area contributed by atoms with Gasteiger partial charge in [0, 0.05) is 33.8 Å². The Hall–Kier alpha value is -2.14. The number of aliphatic hydroxyl groups excluding tert-OH is 1. The van der Waals surface area contributed by atoms with E-state index in [4.69, 9.17) is 0 Å². The molecule has 0 atom stereocenters. The molecule has 164 valence electrons. The number of aliphatic hydroxyl groups is 1. The van der Waals surface area contributed by atoms with E-state index in [-0.39, 0.29) is 22.3 Å². The molecule has 0 unspecified atom stereocenters. The third-order valence-electron chi connectivity index (χ3n) is 5.27. The van der Waals surface area contributed by atoms with Gasteiger partial charge in [-0.05, 0) is 55.2 Å². The molecular weight excluding hydrogens is 426 g/mol. The van der Waals surface area contributed by atoms with E-state index in [1.54, 1.807) is 12.1 Å². The van der Waals surface area contributed by atoms with Crippen LogP contribution in [0.5, 0.6) is 0 Å². The molecule has 30 heavy (non-hydrogen) atoms. The Morgan fingerprint density at radius 1 is 0.967 bits per heavy atom. The molecule has 1 aliphatic rings. The zero-order valence-electron chi connectivity index (χ0n) is 17.0. The van der Waals surface area contributed by atoms with Gasteiger partial charge in [-0.25, -0.2) is 21.1 Å². The molecule has 0 radical (unpaired) electrons. The third-order valence-corrected chi connectivity index (χ3v) is 8.49. The second-order valence-corrected chi connectivity index (χ2v) is 11.3. The number of anilines is 2. The van der Waals surface area contributed by atoms with E-state index in [9.17, 15) is 21.9 Å².